The summed E-state index contributed by atoms with van der Waals surface area (Å²) in [6, 6.07) is 9.15. The van der Waals surface area contributed by atoms with Crippen LogP contribution in [0.15, 0.2) is 62.8 Å². The average Bonchev–Trinajstić information content (AvgIpc) is 3.06. The number of aromatic nitrogens is 2. The number of alkyl halides is 3. The SMILES string of the molecule is O=S(=O)(c1ccc(F)cc1)c1ccc(-c2noc(C(F)(F)F)n2)cc1. The number of hydrogen-bond acceptors (Lipinski definition) is 5. The van der Waals surface area contributed by atoms with Crippen LogP contribution in [0, 0.1) is 5.82 Å². The smallest absolute Gasteiger partial charge is 0.329 e. The van der Waals surface area contributed by atoms with Gasteiger partial charge in [-0.05, 0) is 48.5 Å². The maximum Gasteiger partial charge on any atom is 0.471 e. The van der Waals surface area contributed by atoms with Gasteiger partial charge in [-0.15, -0.1) is 0 Å². The molecule has 0 aliphatic rings. The topological polar surface area (TPSA) is 73.1 Å². The van der Waals surface area contributed by atoms with Gasteiger partial charge in [0.05, 0.1) is 9.79 Å². The highest BCUT2D eigenvalue weighted by Crippen LogP contribution is 2.30. The lowest BCUT2D eigenvalue weighted by Gasteiger charge is -2.05. The largest absolute Gasteiger partial charge is 0.471 e. The molecule has 0 N–H and O–H groups in total. The van der Waals surface area contributed by atoms with Crippen molar-refractivity contribution in [1.29, 1.82) is 0 Å². The second-order valence-electron chi connectivity index (χ2n) is 4.90. The number of sulfone groups is 1. The molecule has 0 fully saturated rings. The fraction of sp³-hybridized carbons (Fsp3) is 0.0667. The molecular formula is C15H8F4N2O3S. The van der Waals surface area contributed by atoms with E-state index in [1.807, 2.05) is 0 Å². The molecule has 1 heterocycles. The minimum absolute atomic E-state index is 0.109. The second-order valence-corrected chi connectivity index (χ2v) is 6.85. The molecule has 0 spiro atoms. The molecule has 3 aromatic rings. The number of nitrogens with zero attached hydrogens (tertiary/aromatic N) is 2. The molecule has 0 radical (unpaired) electrons. The van der Waals surface area contributed by atoms with Gasteiger partial charge in [0, 0.05) is 5.56 Å². The summed E-state index contributed by atoms with van der Waals surface area (Å²) in [7, 11) is -3.88. The number of hydrogen-bond donors (Lipinski definition) is 0. The molecule has 0 aliphatic heterocycles. The highest BCUT2D eigenvalue weighted by atomic mass is 32.2. The van der Waals surface area contributed by atoms with Gasteiger partial charge < -0.3 is 4.52 Å². The normalized spacial score (nSPS) is 12.3. The molecule has 1 aromatic heterocycles. The summed E-state index contributed by atoms with van der Waals surface area (Å²) in [5, 5.41) is 3.22. The first kappa shape index (κ1) is 17.1. The molecule has 2 aromatic carbocycles. The van der Waals surface area contributed by atoms with Gasteiger partial charge in [0.25, 0.3) is 0 Å². The average molecular weight is 372 g/mol. The molecular weight excluding hydrogens is 364 g/mol. The standard InChI is InChI=1S/C15H8F4N2O3S/c16-10-3-7-12(8-4-10)25(22,23)11-5-1-9(2-6-11)13-20-14(24-21-13)15(17,18)19/h1-8H. The van der Waals surface area contributed by atoms with Crippen LogP contribution >= 0.6 is 0 Å². The maximum absolute atomic E-state index is 12.9. The van der Waals surface area contributed by atoms with Crippen LogP contribution < -0.4 is 0 Å². The van der Waals surface area contributed by atoms with Crippen molar-refractivity contribution in [2.75, 3.05) is 0 Å². The van der Waals surface area contributed by atoms with E-state index in [0.717, 1.165) is 24.3 Å². The van der Waals surface area contributed by atoms with Crippen molar-refractivity contribution in [2.24, 2.45) is 0 Å². The van der Waals surface area contributed by atoms with Crippen molar-refractivity contribution in [3.8, 4) is 11.4 Å². The van der Waals surface area contributed by atoms with Crippen LogP contribution in [0.5, 0.6) is 0 Å². The van der Waals surface area contributed by atoms with Crippen molar-refractivity contribution in [3.05, 3.63) is 60.2 Å². The zero-order chi connectivity index (χ0) is 18.2. The molecule has 0 saturated heterocycles. The molecule has 0 aliphatic carbocycles. The molecule has 130 valence electrons. The van der Waals surface area contributed by atoms with E-state index in [9.17, 15) is 26.0 Å². The predicted molar refractivity (Wildman–Crippen MR) is 76.6 cm³/mol. The van der Waals surface area contributed by atoms with Crippen molar-refractivity contribution in [3.63, 3.8) is 0 Å². The van der Waals surface area contributed by atoms with E-state index in [1.165, 1.54) is 24.3 Å². The summed E-state index contributed by atoms with van der Waals surface area (Å²) in [6.07, 6.45) is -4.77. The van der Waals surface area contributed by atoms with Gasteiger partial charge in [-0.25, -0.2) is 12.8 Å². The molecule has 0 atom stereocenters. The minimum Gasteiger partial charge on any atom is -0.329 e. The molecule has 0 saturated carbocycles. The summed E-state index contributed by atoms with van der Waals surface area (Å²) < 4.78 is 79.2. The summed E-state index contributed by atoms with van der Waals surface area (Å²) in [5.41, 5.74) is 0.150. The Hall–Kier alpha value is -2.75. The molecule has 3 rings (SSSR count). The Morgan fingerprint density at radius 2 is 1.40 bits per heavy atom. The predicted octanol–water partition coefficient (Wildman–Crippen LogP) is 3.73. The summed E-state index contributed by atoms with van der Waals surface area (Å²) in [4.78, 5) is 3.00. The van der Waals surface area contributed by atoms with Gasteiger partial charge in [0.15, 0.2) is 0 Å². The zero-order valence-electron chi connectivity index (χ0n) is 12.2. The lowest BCUT2D eigenvalue weighted by Crippen LogP contribution is -2.04. The van der Waals surface area contributed by atoms with Gasteiger partial charge >= 0.3 is 12.1 Å². The van der Waals surface area contributed by atoms with Crippen molar-refractivity contribution in [2.45, 2.75) is 16.0 Å². The van der Waals surface area contributed by atoms with Crippen LogP contribution in [0.1, 0.15) is 5.89 Å². The van der Waals surface area contributed by atoms with Crippen LogP contribution in [0.3, 0.4) is 0 Å². The minimum atomic E-state index is -4.77. The van der Waals surface area contributed by atoms with Crippen LogP contribution in [0.4, 0.5) is 17.6 Å². The Morgan fingerprint density at radius 1 is 0.880 bits per heavy atom. The second kappa shape index (κ2) is 5.96. The monoisotopic (exact) mass is 372 g/mol. The van der Waals surface area contributed by atoms with Crippen molar-refractivity contribution >= 4 is 9.84 Å². The lowest BCUT2D eigenvalue weighted by atomic mass is 10.2. The first-order valence-electron chi connectivity index (χ1n) is 6.70. The molecule has 5 nitrogen and oxygen atoms in total. The Morgan fingerprint density at radius 3 is 1.88 bits per heavy atom. The molecule has 0 bridgehead atoms. The van der Waals surface area contributed by atoms with Crippen LogP contribution in [-0.2, 0) is 16.0 Å². The van der Waals surface area contributed by atoms with Gasteiger partial charge in [0.2, 0.25) is 15.7 Å². The zero-order valence-corrected chi connectivity index (χ0v) is 13.0. The van der Waals surface area contributed by atoms with E-state index >= 15 is 0 Å². The third kappa shape index (κ3) is 3.38. The Bertz CT molecular complexity index is 995. The highest BCUT2D eigenvalue weighted by Gasteiger charge is 2.38. The van der Waals surface area contributed by atoms with Gasteiger partial charge in [0.1, 0.15) is 5.82 Å². The highest BCUT2D eigenvalue weighted by molar-refractivity contribution is 7.91. The number of halogens is 4. The van der Waals surface area contributed by atoms with Gasteiger partial charge in [-0.2, -0.15) is 18.2 Å². The number of rotatable bonds is 3. The fourth-order valence-electron chi connectivity index (χ4n) is 1.99. The molecule has 10 heteroatoms. The number of benzene rings is 2. The molecule has 0 amide bonds. The van der Waals surface area contributed by atoms with Crippen molar-refractivity contribution < 1.29 is 30.5 Å². The third-order valence-electron chi connectivity index (χ3n) is 3.22. The third-order valence-corrected chi connectivity index (χ3v) is 5.00. The van der Waals surface area contributed by atoms with Crippen molar-refractivity contribution in [1.82, 2.24) is 10.1 Å². The fourth-order valence-corrected chi connectivity index (χ4v) is 3.25. The van der Waals surface area contributed by atoms with E-state index in [0.29, 0.717) is 0 Å². The summed E-state index contributed by atoms with van der Waals surface area (Å²) >= 11 is 0. The quantitative estimate of drug-likeness (QED) is 0.517. The summed E-state index contributed by atoms with van der Waals surface area (Å²) in [5.74, 6) is -2.39. The van der Waals surface area contributed by atoms with Crippen LogP contribution in [0.25, 0.3) is 11.4 Å². The molecule has 0 unspecified atom stereocenters. The Balaban J connectivity index is 1.92. The first-order chi connectivity index (χ1) is 11.7. The molecule has 25 heavy (non-hydrogen) atoms. The van der Waals surface area contributed by atoms with Gasteiger partial charge in [-0.1, -0.05) is 5.16 Å². The maximum atomic E-state index is 12.9. The summed E-state index contributed by atoms with van der Waals surface area (Å²) in [6.45, 7) is 0. The Labute approximate surface area is 138 Å². The van der Waals surface area contributed by atoms with E-state index in [4.69, 9.17) is 0 Å². The lowest BCUT2D eigenvalue weighted by molar-refractivity contribution is -0.159. The van der Waals surface area contributed by atoms with E-state index in [1.54, 1.807) is 0 Å². The van der Waals surface area contributed by atoms with Crippen LogP contribution in [0.2, 0.25) is 0 Å². The van der Waals surface area contributed by atoms with Crippen LogP contribution in [-0.4, -0.2) is 18.6 Å². The van der Waals surface area contributed by atoms with Gasteiger partial charge in [-0.3, -0.25) is 0 Å². The van der Waals surface area contributed by atoms with E-state index in [-0.39, 0.29) is 21.2 Å². The Kier molecular flexibility index (Phi) is 4.07. The first-order valence-corrected chi connectivity index (χ1v) is 8.18. The van der Waals surface area contributed by atoms with E-state index < -0.39 is 27.7 Å². The van der Waals surface area contributed by atoms with E-state index in [2.05, 4.69) is 14.7 Å².